The Labute approximate surface area is 101 Å². The van der Waals surface area contributed by atoms with Crippen LogP contribution in [-0.2, 0) is 0 Å². The zero-order chi connectivity index (χ0) is 12.1. The highest BCUT2D eigenvalue weighted by Gasteiger charge is 2.15. The summed E-state index contributed by atoms with van der Waals surface area (Å²) in [5, 5.41) is 15.7. The van der Waals surface area contributed by atoms with Crippen molar-refractivity contribution in [2.24, 2.45) is 5.92 Å². The first-order valence-electron chi connectivity index (χ1n) is 6.04. The van der Waals surface area contributed by atoms with Gasteiger partial charge in [-0.1, -0.05) is 12.1 Å². The van der Waals surface area contributed by atoms with Crippen molar-refractivity contribution in [2.45, 2.75) is 12.8 Å². The summed E-state index contributed by atoms with van der Waals surface area (Å²) in [5.41, 5.74) is 0.344. The summed E-state index contributed by atoms with van der Waals surface area (Å²) < 4.78 is 0. The molecule has 1 aromatic rings. The van der Waals surface area contributed by atoms with Crippen molar-refractivity contribution >= 4 is 5.91 Å². The lowest BCUT2D eigenvalue weighted by molar-refractivity contribution is 0.0949. The SMILES string of the molecule is O=C(NCCC1CCNC1)c1ccccc1O. The number of para-hydroxylation sites is 1. The number of phenolic OH excluding ortho intramolecular Hbond substituents is 1. The van der Waals surface area contributed by atoms with E-state index in [-0.39, 0.29) is 11.7 Å². The van der Waals surface area contributed by atoms with Crippen LogP contribution in [0.3, 0.4) is 0 Å². The lowest BCUT2D eigenvalue weighted by Crippen LogP contribution is -2.26. The maximum absolute atomic E-state index is 11.8. The van der Waals surface area contributed by atoms with Crippen LogP contribution in [0.25, 0.3) is 0 Å². The molecule has 1 aromatic carbocycles. The minimum Gasteiger partial charge on any atom is -0.507 e. The molecule has 0 aromatic heterocycles. The van der Waals surface area contributed by atoms with Crippen molar-refractivity contribution in [1.82, 2.24) is 10.6 Å². The third-order valence-electron chi connectivity index (χ3n) is 3.15. The average molecular weight is 234 g/mol. The molecule has 1 saturated heterocycles. The van der Waals surface area contributed by atoms with Crippen LogP contribution in [0.2, 0.25) is 0 Å². The van der Waals surface area contributed by atoms with Crippen LogP contribution in [0.4, 0.5) is 0 Å². The Kier molecular flexibility index (Phi) is 3.98. The molecule has 1 fully saturated rings. The third-order valence-corrected chi connectivity index (χ3v) is 3.15. The quantitative estimate of drug-likeness (QED) is 0.731. The number of nitrogens with one attached hydrogen (secondary N) is 2. The van der Waals surface area contributed by atoms with E-state index < -0.39 is 0 Å². The van der Waals surface area contributed by atoms with Gasteiger partial charge < -0.3 is 15.7 Å². The number of carbonyl (C=O) groups excluding carboxylic acids is 1. The highest BCUT2D eigenvalue weighted by atomic mass is 16.3. The molecule has 0 bridgehead atoms. The summed E-state index contributed by atoms with van der Waals surface area (Å²) in [7, 11) is 0. The number of phenols is 1. The predicted octanol–water partition coefficient (Wildman–Crippen LogP) is 1.12. The Balaban J connectivity index is 1.79. The van der Waals surface area contributed by atoms with Gasteiger partial charge in [-0.15, -0.1) is 0 Å². The van der Waals surface area contributed by atoms with Gasteiger partial charge in [0, 0.05) is 6.54 Å². The molecule has 1 unspecified atom stereocenters. The first-order chi connectivity index (χ1) is 8.27. The summed E-state index contributed by atoms with van der Waals surface area (Å²) in [6, 6.07) is 6.60. The number of benzene rings is 1. The first-order valence-corrected chi connectivity index (χ1v) is 6.04. The van der Waals surface area contributed by atoms with Crippen molar-refractivity contribution < 1.29 is 9.90 Å². The number of hydrogen-bond acceptors (Lipinski definition) is 3. The van der Waals surface area contributed by atoms with Crippen molar-refractivity contribution in [3.05, 3.63) is 29.8 Å². The molecular formula is C13H18N2O2. The van der Waals surface area contributed by atoms with Crippen LogP contribution in [0, 0.1) is 5.92 Å². The second-order valence-corrected chi connectivity index (χ2v) is 4.42. The smallest absolute Gasteiger partial charge is 0.255 e. The molecule has 2 rings (SSSR count). The molecule has 0 spiro atoms. The van der Waals surface area contributed by atoms with Gasteiger partial charge in [0.2, 0.25) is 0 Å². The minimum atomic E-state index is -0.200. The topological polar surface area (TPSA) is 61.4 Å². The van der Waals surface area contributed by atoms with Crippen molar-refractivity contribution in [3.63, 3.8) is 0 Å². The zero-order valence-electron chi connectivity index (χ0n) is 9.78. The number of rotatable bonds is 4. The lowest BCUT2D eigenvalue weighted by Gasteiger charge is -2.09. The van der Waals surface area contributed by atoms with Crippen molar-refractivity contribution in [1.29, 1.82) is 0 Å². The number of hydrogen-bond donors (Lipinski definition) is 3. The lowest BCUT2D eigenvalue weighted by atomic mass is 10.1. The van der Waals surface area contributed by atoms with Crippen LogP contribution in [0.5, 0.6) is 5.75 Å². The Morgan fingerprint density at radius 1 is 1.47 bits per heavy atom. The maximum atomic E-state index is 11.8. The number of aromatic hydroxyl groups is 1. The van der Waals surface area contributed by atoms with Gasteiger partial charge in [-0.3, -0.25) is 4.79 Å². The molecule has 3 N–H and O–H groups in total. The van der Waals surface area contributed by atoms with Gasteiger partial charge in [-0.25, -0.2) is 0 Å². The van der Waals surface area contributed by atoms with E-state index in [0.717, 1.165) is 19.5 Å². The van der Waals surface area contributed by atoms with Crippen LogP contribution >= 0.6 is 0 Å². The molecule has 0 radical (unpaired) electrons. The fraction of sp³-hybridized carbons (Fsp3) is 0.462. The molecule has 0 aliphatic carbocycles. The van der Waals surface area contributed by atoms with E-state index in [2.05, 4.69) is 10.6 Å². The average Bonchev–Trinajstić information content (AvgIpc) is 2.82. The Morgan fingerprint density at radius 2 is 2.29 bits per heavy atom. The van der Waals surface area contributed by atoms with Gasteiger partial charge in [-0.2, -0.15) is 0 Å². The van der Waals surface area contributed by atoms with E-state index in [1.165, 1.54) is 12.5 Å². The third kappa shape index (κ3) is 3.20. The number of amides is 1. The van der Waals surface area contributed by atoms with E-state index in [9.17, 15) is 9.90 Å². The second kappa shape index (κ2) is 5.68. The van der Waals surface area contributed by atoms with Crippen molar-refractivity contribution in [3.8, 4) is 5.75 Å². The second-order valence-electron chi connectivity index (χ2n) is 4.42. The minimum absolute atomic E-state index is 0.0348. The van der Waals surface area contributed by atoms with Crippen LogP contribution in [0.1, 0.15) is 23.2 Å². The van der Waals surface area contributed by atoms with Crippen LogP contribution < -0.4 is 10.6 Å². The van der Waals surface area contributed by atoms with E-state index in [1.54, 1.807) is 18.2 Å². The monoisotopic (exact) mass is 234 g/mol. The van der Waals surface area contributed by atoms with Gasteiger partial charge in [0.1, 0.15) is 5.75 Å². The highest BCUT2D eigenvalue weighted by molar-refractivity contribution is 5.96. The van der Waals surface area contributed by atoms with Crippen molar-refractivity contribution in [2.75, 3.05) is 19.6 Å². The summed E-state index contributed by atoms with van der Waals surface area (Å²) in [5.74, 6) is 0.501. The fourth-order valence-electron chi connectivity index (χ4n) is 2.11. The Bertz CT molecular complexity index is 387. The molecule has 17 heavy (non-hydrogen) atoms. The molecule has 1 amide bonds. The van der Waals surface area contributed by atoms with Crippen LogP contribution in [0.15, 0.2) is 24.3 Å². The Morgan fingerprint density at radius 3 is 3.00 bits per heavy atom. The fourth-order valence-corrected chi connectivity index (χ4v) is 2.11. The van der Waals surface area contributed by atoms with Gasteiger partial charge in [-0.05, 0) is 44.0 Å². The van der Waals surface area contributed by atoms with Gasteiger partial charge in [0.25, 0.3) is 5.91 Å². The highest BCUT2D eigenvalue weighted by Crippen LogP contribution is 2.15. The molecule has 1 atom stereocenters. The molecule has 1 aliphatic heterocycles. The summed E-state index contributed by atoms with van der Waals surface area (Å²) >= 11 is 0. The van der Waals surface area contributed by atoms with E-state index in [4.69, 9.17) is 0 Å². The largest absolute Gasteiger partial charge is 0.507 e. The molecule has 4 heteroatoms. The van der Waals surface area contributed by atoms with E-state index in [1.807, 2.05) is 0 Å². The molecule has 4 nitrogen and oxygen atoms in total. The standard InChI is InChI=1S/C13H18N2O2/c16-12-4-2-1-3-11(12)13(17)15-8-6-10-5-7-14-9-10/h1-4,10,14,16H,5-9H2,(H,15,17). The summed E-state index contributed by atoms with van der Waals surface area (Å²) in [6.07, 6.45) is 2.18. The molecule has 1 heterocycles. The molecule has 0 saturated carbocycles. The first kappa shape index (κ1) is 11.9. The van der Waals surface area contributed by atoms with Crippen LogP contribution in [-0.4, -0.2) is 30.6 Å². The van der Waals surface area contributed by atoms with E-state index in [0.29, 0.717) is 18.0 Å². The molecular weight excluding hydrogens is 216 g/mol. The summed E-state index contributed by atoms with van der Waals surface area (Å²) in [4.78, 5) is 11.8. The number of carbonyl (C=O) groups is 1. The predicted molar refractivity (Wildman–Crippen MR) is 66.0 cm³/mol. The maximum Gasteiger partial charge on any atom is 0.255 e. The van der Waals surface area contributed by atoms with Gasteiger partial charge in [0.05, 0.1) is 5.56 Å². The van der Waals surface area contributed by atoms with E-state index >= 15 is 0 Å². The summed E-state index contributed by atoms with van der Waals surface area (Å²) in [6.45, 7) is 2.80. The Hall–Kier alpha value is -1.55. The molecule has 1 aliphatic rings. The normalized spacial score (nSPS) is 19.2. The van der Waals surface area contributed by atoms with Gasteiger partial charge >= 0.3 is 0 Å². The zero-order valence-corrected chi connectivity index (χ0v) is 9.78. The van der Waals surface area contributed by atoms with Gasteiger partial charge in [0.15, 0.2) is 0 Å². The molecule has 92 valence electrons.